The van der Waals surface area contributed by atoms with Gasteiger partial charge >= 0.3 is 0 Å². The fourth-order valence-electron chi connectivity index (χ4n) is 6.83. The van der Waals surface area contributed by atoms with Crippen LogP contribution in [0.25, 0.3) is 0 Å². The van der Waals surface area contributed by atoms with Crippen LogP contribution >= 0.6 is 0 Å². The predicted molar refractivity (Wildman–Crippen MR) is 221 cm³/mol. The standard InChI is InChI=1S/C45H83NO8/c1-3-5-7-9-11-13-15-17-19-21-22-24-26-28-30-32-34-39(48)38(37-53-45-44(52)43(51)42(50)40(36-47)54-45)46-41(49)35-33-31-29-27-25-23-20-18-16-14-12-10-8-6-4-2/h12,14,18,20,32,34,38-40,42-45,47-48,50-52H,3-11,13,15-17,19,21-31,33,35-37H2,1-2H3,(H,46,49)/b14-12+,20-18+,34-32+/t38-,39+,40+,42+,43?,44?,45+/m0/s1. The van der Waals surface area contributed by atoms with E-state index < -0.39 is 49.5 Å². The molecule has 1 aliphatic heterocycles. The lowest BCUT2D eigenvalue weighted by atomic mass is 9.99. The van der Waals surface area contributed by atoms with E-state index in [1.165, 1.54) is 103 Å². The number of hydrogen-bond acceptors (Lipinski definition) is 8. The average molecular weight is 766 g/mol. The van der Waals surface area contributed by atoms with Crippen LogP contribution < -0.4 is 5.32 Å². The second-order valence-corrected chi connectivity index (χ2v) is 15.5. The van der Waals surface area contributed by atoms with E-state index in [2.05, 4.69) is 43.5 Å². The van der Waals surface area contributed by atoms with Crippen LogP contribution in [-0.2, 0) is 14.3 Å². The zero-order valence-electron chi connectivity index (χ0n) is 34.5. The molecular formula is C45H83NO8. The van der Waals surface area contributed by atoms with Crippen molar-refractivity contribution >= 4 is 5.91 Å². The number of carbonyl (C=O) groups is 1. The van der Waals surface area contributed by atoms with Gasteiger partial charge < -0.3 is 40.3 Å². The third-order valence-corrected chi connectivity index (χ3v) is 10.5. The minimum absolute atomic E-state index is 0.192. The van der Waals surface area contributed by atoms with Crippen LogP contribution in [0.4, 0.5) is 0 Å². The van der Waals surface area contributed by atoms with Crippen LogP contribution in [-0.4, -0.2) is 87.5 Å². The Hall–Kier alpha value is -1.59. The highest BCUT2D eigenvalue weighted by Crippen LogP contribution is 2.22. The molecule has 1 fully saturated rings. The molecule has 2 unspecified atom stereocenters. The third-order valence-electron chi connectivity index (χ3n) is 10.5. The number of amides is 1. The molecule has 0 aromatic heterocycles. The summed E-state index contributed by atoms with van der Waals surface area (Å²) in [6.07, 6.45) is 36.1. The number of hydrogen-bond donors (Lipinski definition) is 6. The summed E-state index contributed by atoms with van der Waals surface area (Å²) in [5, 5.41) is 54.1. The SMILES string of the molecule is CCCCC/C=C/C/C=C/CCCCCCCC(=O)N[C@@H](CO[C@@H]1O[C@H](CO)[C@@H](O)C(O)C1O)[C@H](O)/C=C/CCCCCCCCCCCCCCCC. The first-order chi connectivity index (χ1) is 26.3. The minimum Gasteiger partial charge on any atom is -0.394 e. The van der Waals surface area contributed by atoms with Gasteiger partial charge in [0.2, 0.25) is 5.91 Å². The number of aliphatic hydroxyl groups is 5. The maximum absolute atomic E-state index is 12.9. The lowest BCUT2D eigenvalue weighted by molar-refractivity contribution is -0.302. The van der Waals surface area contributed by atoms with E-state index in [1.807, 2.05) is 6.08 Å². The second kappa shape index (κ2) is 35.8. The maximum Gasteiger partial charge on any atom is 0.220 e. The molecule has 0 aromatic rings. The predicted octanol–water partition coefficient (Wildman–Crippen LogP) is 8.89. The van der Waals surface area contributed by atoms with Crippen LogP contribution in [0, 0.1) is 0 Å². The number of allylic oxidation sites excluding steroid dienone is 5. The first-order valence-corrected chi connectivity index (χ1v) is 22.2. The highest BCUT2D eigenvalue weighted by Gasteiger charge is 2.44. The summed E-state index contributed by atoms with van der Waals surface area (Å²) in [6.45, 7) is 3.73. The van der Waals surface area contributed by atoms with Gasteiger partial charge in [-0.2, -0.15) is 0 Å². The van der Waals surface area contributed by atoms with Crippen molar-refractivity contribution in [1.82, 2.24) is 5.32 Å². The van der Waals surface area contributed by atoms with Crippen molar-refractivity contribution in [3.05, 3.63) is 36.5 Å². The molecule has 6 N–H and O–H groups in total. The second-order valence-electron chi connectivity index (χ2n) is 15.5. The summed E-state index contributed by atoms with van der Waals surface area (Å²) in [7, 11) is 0. The van der Waals surface area contributed by atoms with Crippen molar-refractivity contribution in [2.45, 2.75) is 230 Å². The molecule has 316 valence electrons. The molecule has 0 aliphatic carbocycles. The van der Waals surface area contributed by atoms with Crippen LogP contribution in [0.15, 0.2) is 36.5 Å². The molecule has 1 amide bonds. The van der Waals surface area contributed by atoms with Crippen LogP contribution in [0.5, 0.6) is 0 Å². The van der Waals surface area contributed by atoms with E-state index in [0.29, 0.717) is 6.42 Å². The van der Waals surface area contributed by atoms with E-state index in [-0.39, 0.29) is 12.5 Å². The highest BCUT2D eigenvalue weighted by molar-refractivity contribution is 5.76. The Bertz CT molecular complexity index is 941. The van der Waals surface area contributed by atoms with Gasteiger partial charge in [0.25, 0.3) is 0 Å². The monoisotopic (exact) mass is 766 g/mol. The molecule has 0 bridgehead atoms. The molecule has 9 nitrogen and oxygen atoms in total. The largest absolute Gasteiger partial charge is 0.394 e. The fraction of sp³-hybridized carbons (Fsp3) is 0.844. The molecule has 0 spiro atoms. The Kier molecular flexibility index (Phi) is 33.4. The Morgan fingerprint density at radius 2 is 1.09 bits per heavy atom. The summed E-state index contributed by atoms with van der Waals surface area (Å²) in [4.78, 5) is 12.9. The first-order valence-electron chi connectivity index (χ1n) is 22.2. The summed E-state index contributed by atoms with van der Waals surface area (Å²) in [5.74, 6) is -0.192. The molecule has 1 saturated heterocycles. The zero-order chi connectivity index (χ0) is 39.5. The Morgan fingerprint density at radius 3 is 1.63 bits per heavy atom. The summed E-state index contributed by atoms with van der Waals surface area (Å²) >= 11 is 0. The van der Waals surface area contributed by atoms with E-state index in [9.17, 15) is 30.3 Å². The molecule has 7 atom stereocenters. The molecule has 0 saturated carbocycles. The smallest absolute Gasteiger partial charge is 0.220 e. The summed E-state index contributed by atoms with van der Waals surface area (Å²) in [5.41, 5.74) is 0. The lowest BCUT2D eigenvalue weighted by Gasteiger charge is -2.40. The molecule has 0 radical (unpaired) electrons. The van der Waals surface area contributed by atoms with Gasteiger partial charge in [0, 0.05) is 6.42 Å². The van der Waals surface area contributed by atoms with Gasteiger partial charge in [-0.15, -0.1) is 0 Å². The van der Waals surface area contributed by atoms with E-state index in [1.54, 1.807) is 6.08 Å². The van der Waals surface area contributed by atoms with Crippen molar-refractivity contribution in [2.75, 3.05) is 13.2 Å². The number of rotatable bonds is 36. The van der Waals surface area contributed by atoms with Gasteiger partial charge in [0.1, 0.15) is 24.4 Å². The molecular weight excluding hydrogens is 682 g/mol. The van der Waals surface area contributed by atoms with Crippen LogP contribution in [0.2, 0.25) is 0 Å². The fourth-order valence-corrected chi connectivity index (χ4v) is 6.83. The lowest BCUT2D eigenvalue weighted by Crippen LogP contribution is -2.60. The Labute approximate surface area is 330 Å². The van der Waals surface area contributed by atoms with E-state index in [0.717, 1.165) is 64.2 Å². The van der Waals surface area contributed by atoms with Crippen LogP contribution in [0.3, 0.4) is 0 Å². The number of carbonyl (C=O) groups excluding carboxylic acids is 1. The third kappa shape index (κ3) is 26.3. The number of ether oxygens (including phenoxy) is 2. The minimum atomic E-state index is -1.57. The molecule has 1 heterocycles. The molecule has 1 rings (SSSR count). The van der Waals surface area contributed by atoms with Gasteiger partial charge in [0.15, 0.2) is 6.29 Å². The van der Waals surface area contributed by atoms with Gasteiger partial charge in [-0.05, 0) is 51.4 Å². The highest BCUT2D eigenvalue weighted by atomic mass is 16.7. The number of aliphatic hydroxyl groups excluding tert-OH is 5. The quantitative estimate of drug-likeness (QED) is 0.0274. The summed E-state index contributed by atoms with van der Waals surface area (Å²) in [6, 6.07) is -0.810. The van der Waals surface area contributed by atoms with Gasteiger partial charge in [0.05, 0.1) is 25.4 Å². The van der Waals surface area contributed by atoms with Crippen molar-refractivity contribution in [3.63, 3.8) is 0 Å². The zero-order valence-corrected chi connectivity index (χ0v) is 34.5. The normalized spacial score (nSPS) is 21.8. The first kappa shape index (κ1) is 50.4. The maximum atomic E-state index is 12.9. The molecule has 9 heteroatoms. The van der Waals surface area contributed by atoms with Gasteiger partial charge in [-0.3, -0.25) is 4.79 Å². The average Bonchev–Trinajstić information content (AvgIpc) is 3.17. The van der Waals surface area contributed by atoms with Crippen molar-refractivity contribution in [3.8, 4) is 0 Å². The van der Waals surface area contributed by atoms with Crippen molar-refractivity contribution < 1.29 is 39.8 Å². The Morgan fingerprint density at radius 1 is 0.630 bits per heavy atom. The molecule has 1 aliphatic rings. The van der Waals surface area contributed by atoms with Gasteiger partial charge in [-0.1, -0.05) is 166 Å². The summed E-state index contributed by atoms with van der Waals surface area (Å²) < 4.78 is 11.2. The number of unbranched alkanes of at least 4 members (excludes halogenated alkanes) is 22. The Balaban J connectivity index is 2.40. The van der Waals surface area contributed by atoms with E-state index in [4.69, 9.17) is 9.47 Å². The van der Waals surface area contributed by atoms with Crippen LogP contribution in [0.1, 0.15) is 187 Å². The van der Waals surface area contributed by atoms with E-state index >= 15 is 0 Å². The topological polar surface area (TPSA) is 149 Å². The molecule has 54 heavy (non-hydrogen) atoms. The van der Waals surface area contributed by atoms with Gasteiger partial charge in [-0.25, -0.2) is 0 Å². The van der Waals surface area contributed by atoms with Crippen molar-refractivity contribution in [2.24, 2.45) is 0 Å². The van der Waals surface area contributed by atoms with Crippen molar-refractivity contribution in [1.29, 1.82) is 0 Å². The number of nitrogens with one attached hydrogen (secondary N) is 1. The molecule has 0 aromatic carbocycles.